The first-order chi connectivity index (χ1) is 14.7. The lowest BCUT2D eigenvalue weighted by Crippen LogP contribution is -2.38. The zero-order valence-corrected chi connectivity index (χ0v) is 16.6. The fraction of sp³-hybridized carbons (Fsp3) is 0.192. The van der Waals surface area contributed by atoms with Crippen molar-refractivity contribution in [1.29, 1.82) is 5.26 Å². The molecule has 4 heteroatoms. The molecule has 30 heavy (non-hydrogen) atoms. The van der Waals surface area contributed by atoms with E-state index in [1.54, 1.807) is 12.4 Å². The number of likely N-dealkylation sites (tertiary alicyclic amines) is 1. The van der Waals surface area contributed by atoms with Crippen molar-refractivity contribution in [3.8, 4) is 17.9 Å². The number of aromatic nitrogens is 1. The molecule has 3 aromatic rings. The van der Waals surface area contributed by atoms with Crippen LogP contribution in [0.4, 0.5) is 0 Å². The fourth-order valence-corrected chi connectivity index (χ4v) is 3.82. The number of hydrogen-bond acceptors (Lipinski definition) is 3. The Labute approximate surface area is 176 Å². The van der Waals surface area contributed by atoms with Crippen LogP contribution in [0.2, 0.25) is 0 Å². The van der Waals surface area contributed by atoms with Gasteiger partial charge in [0.2, 0.25) is 0 Å². The Morgan fingerprint density at radius 2 is 1.63 bits per heavy atom. The Morgan fingerprint density at radius 1 is 0.933 bits per heavy atom. The molecular weight excluding hydrogens is 370 g/mol. The highest BCUT2D eigenvalue weighted by Gasteiger charge is 2.26. The fourth-order valence-electron chi connectivity index (χ4n) is 3.82. The molecule has 0 aliphatic carbocycles. The van der Waals surface area contributed by atoms with Gasteiger partial charge in [-0.05, 0) is 48.6 Å². The number of rotatable bonds is 2. The van der Waals surface area contributed by atoms with Gasteiger partial charge in [-0.25, -0.2) is 0 Å². The standard InChI is InChI=1S/C26H21N3O/c27-17-23-8-4-5-9-25(23)22-12-14-29(15-13-22)26(30)24-16-21(18-28-19-24)11-10-20-6-2-1-3-7-20/h1-9,16,18-19,22H,12-15H2. The smallest absolute Gasteiger partial charge is 0.255 e. The predicted octanol–water partition coefficient (Wildman–Crippen LogP) is 4.37. The third kappa shape index (κ3) is 4.40. The van der Waals surface area contributed by atoms with Crippen LogP contribution in [0, 0.1) is 23.2 Å². The molecule has 2 aromatic carbocycles. The molecule has 0 saturated carbocycles. The van der Waals surface area contributed by atoms with E-state index in [9.17, 15) is 10.1 Å². The van der Waals surface area contributed by atoms with Gasteiger partial charge in [-0.3, -0.25) is 9.78 Å². The van der Waals surface area contributed by atoms with E-state index in [0.29, 0.717) is 24.6 Å². The van der Waals surface area contributed by atoms with Crippen LogP contribution in [0.1, 0.15) is 51.4 Å². The monoisotopic (exact) mass is 391 g/mol. The molecule has 0 unspecified atom stereocenters. The van der Waals surface area contributed by atoms with Gasteiger partial charge in [0.25, 0.3) is 5.91 Å². The third-order valence-electron chi connectivity index (χ3n) is 5.41. The normalized spacial score (nSPS) is 13.8. The number of amides is 1. The zero-order chi connectivity index (χ0) is 20.8. The molecule has 0 atom stereocenters. The van der Waals surface area contributed by atoms with Crippen LogP contribution >= 0.6 is 0 Å². The Kier molecular flexibility index (Phi) is 5.88. The van der Waals surface area contributed by atoms with Gasteiger partial charge < -0.3 is 4.90 Å². The summed E-state index contributed by atoms with van der Waals surface area (Å²) in [6.45, 7) is 1.34. The summed E-state index contributed by atoms with van der Waals surface area (Å²) in [4.78, 5) is 19.1. The van der Waals surface area contributed by atoms with Gasteiger partial charge in [0, 0.05) is 36.6 Å². The number of pyridine rings is 1. The van der Waals surface area contributed by atoms with E-state index in [4.69, 9.17) is 0 Å². The maximum absolute atomic E-state index is 13.0. The minimum Gasteiger partial charge on any atom is -0.339 e. The summed E-state index contributed by atoms with van der Waals surface area (Å²) in [5.41, 5.74) is 4.03. The SMILES string of the molecule is N#Cc1ccccc1C1CCN(C(=O)c2cncc(C#Cc3ccccc3)c2)CC1. The van der Waals surface area contributed by atoms with Crippen molar-refractivity contribution in [2.75, 3.05) is 13.1 Å². The van der Waals surface area contributed by atoms with E-state index in [-0.39, 0.29) is 5.91 Å². The maximum Gasteiger partial charge on any atom is 0.255 e. The van der Waals surface area contributed by atoms with Crippen molar-refractivity contribution >= 4 is 5.91 Å². The highest BCUT2D eigenvalue weighted by atomic mass is 16.2. The Morgan fingerprint density at radius 3 is 2.40 bits per heavy atom. The van der Waals surface area contributed by atoms with Crippen molar-refractivity contribution in [1.82, 2.24) is 9.88 Å². The number of carbonyl (C=O) groups is 1. The molecule has 0 bridgehead atoms. The molecule has 0 spiro atoms. The number of carbonyl (C=O) groups excluding carboxylic acids is 1. The van der Waals surface area contributed by atoms with Gasteiger partial charge in [-0.2, -0.15) is 5.26 Å². The summed E-state index contributed by atoms with van der Waals surface area (Å²) < 4.78 is 0. The van der Waals surface area contributed by atoms with E-state index in [1.807, 2.05) is 65.6 Å². The van der Waals surface area contributed by atoms with Crippen LogP contribution in [-0.4, -0.2) is 28.9 Å². The number of nitrogens with zero attached hydrogens (tertiary/aromatic N) is 3. The van der Waals surface area contributed by atoms with E-state index in [1.165, 1.54) is 0 Å². The average Bonchev–Trinajstić information content (AvgIpc) is 2.83. The lowest BCUT2D eigenvalue weighted by Gasteiger charge is -2.32. The molecular formula is C26H21N3O. The molecule has 0 N–H and O–H groups in total. The van der Waals surface area contributed by atoms with Crippen molar-refractivity contribution < 1.29 is 4.79 Å². The van der Waals surface area contributed by atoms with Crippen LogP contribution < -0.4 is 0 Å². The maximum atomic E-state index is 13.0. The topological polar surface area (TPSA) is 57.0 Å². The number of piperidine rings is 1. The number of hydrogen-bond donors (Lipinski definition) is 0. The predicted molar refractivity (Wildman–Crippen MR) is 116 cm³/mol. The number of benzene rings is 2. The van der Waals surface area contributed by atoms with Gasteiger partial charge in [0.05, 0.1) is 17.2 Å². The zero-order valence-electron chi connectivity index (χ0n) is 16.6. The molecule has 1 aromatic heterocycles. The summed E-state index contributed by atoms with van der Waals surface area (Å²) in [5, 5.41) is 9.35. The second-order valence-electron chi connectivity index (χ2n) is 7.34. The van der Waals surface area contributed by atoms with Gasteiger partial charge >= 0.3 is 0 Å². The largest absolute Gasteiger partial charge is 0.339 e. The first kappa shape index (κ1) is 19.4. The Balaban J connectivity index is 1.44. The molecule has 2 heterocycles. The molecule has 4 nitrogen and oxygen atoms in total. The van der Waals surface area contributed by atoms with Gasteiger partial charge in [-0.1, -0.05) is 48.2 Å². The molecule has 1 amide bonds. The second-order valence-corrected chi connectivity index (χ2v) is 7.34. The first-order valence-corrected chi connectivity index (χ1v) is 10.0. The van der Waals surface area contributed by atoms with Crippen LogP contribution in [0.15, 0.2) is 73.1 Å². The molecule has 1 aliphatic heterocycles. The van der Waals surface area contributed by atoms with Crippen LogP contribution in [0.3, 0.4) is 0 Å². The van der Waals surface area contributed by atoms with E-state index < -0.39 is 0 Å². The molecule has 146 valence electrons. The average molecular weight is 391 g/mol. The van der Waals surface area contributed by atoms with Gasteiger partial charge in [-0.15, -0.1) is 0 Å². The summed E-state index contributed by atoms with van der Waals surface area (Å²) in [6, 6.07) is 21.6. The van der Waals surface area contributed by atoms with Crippen LogP contribution in [-0.2, 0) is 0 Å². The summed E-state index contributed by atoms with van der Waals surface area (Å²) >= 11 is 0. The number of nitriles is 1. The van der Waals surface area contributed by atoms with Gasteiger partial charge in [0.1, 0.15) is 0 Å². The third-order valence-corrected chi connectivity index (χ3v) is 5.41. The van der Waals surface area contributed by atoms with Gasteiger partial charge in [0.15, 0.2) is 0 Å². The molecule has 1 aliphatic rings. The molecule has 4 rings (SSSR count). The second kappa shape index (κ2) is 9.07. The quantitative estimate of drug-likeness (QED) is 0.610. The highest BCUT2D eigenvalue weighted by molar-refractivity contribution is 5.94. The summed E-state index contributed by atoms with van der Waals surface area (Å²) in [5.74, 6) is 6.48. The van der Waals surface area contributed by atoms with E-state index in [0.717, 1.165) is 35.1 Å². The summed E-state index contributed by atoms with van der Waals surface area (Å²) in [7, 11) is 0. The Bertz CT molecular complexity index is 1140. The van der Waals surface area contributed by atoms with Crippen molar-refractivity contribution in [2.24, 2.45) is 0 Å². The molecule has 0 radical (unpaired) electrons. The lowest BCUT2D eigenvalue weighted by atomic mass is 9.86. The summed E-state index contributed by atoms with van der Waals surface area (Å²) in [6.07, 6.45) is 4.99. The highest BCUT2D eigenvalue weighted by Crippen LogP contribution is 2.30. The Hall–Kier alpha value is -3.89. The van der Waals surface area contributed by atoms with Crippen molar-refractivity contribution in [2.45, 2.75) is 18.8 Å². The van der Waals surface area contributed by atoms with E-state index in [2.05, 4.69) is 22.9 Å². The van der Waals surface area contributed by atoms with Crippen molar-refractivity contribution in [3.63, 3.8) is 0 Å². The van der Waals surface area contributed by atoms with E-state index >= 15 is 0 Å². The molecule has 1 saturated heterocycles. The lowest BCUT2D eigenvalue weighted by molar-refractivity contribution is 0.0712. The van der Waals surface area contributed by atoms with Crippen molar-refractivity contribution in [3.05, 3.63) is 101 Å². The van der Waals surface area contributed by atoms with Crippen LogP contribution in [0.25, 0.3) is 0 Å². The van der Waals surface area contributed by atoms with Crippen LogP contribution in [0.5, 0.6) is 0 Å². The molecule has 1 fully saturated rings. The minimum atomic E-state index is -0.0159. The minimum absolute atomic E-state index is 0.0159. The first-order valence-electron chi connectivity index (χ1n) is 10.0.